The van der Waals surface area contributed by atoms with E-state index < -0.39 is 0 Å². The number of amides is 1. The maximum absolute atomic E-state index is 12.7. The molecule has 1 amide bonds. The molecule has 1 fully saturated rings. The van der Waals surface area contributed by atoms with Gasteiger partial charge in [-0.2, -0.15) is 0 Å². The molecule has 0 aliphatic heterocycles. The number of carbonyl (C=O) groups excluding carboxylic acids is 1. The van der Waals surface area contributed by atoms with Gasteiger partial charge in [-0.15, -0.1) is 0 Å². The molecule has 1 aromatic rings. The highest BCUT2D eigenvalue weighted by Gasteiger charge is 2.42. The smallest absolute Gasteiger partial charge is 0.230 e. The van der Waals surface area contributed by atoms with Crippen LogP contribution in [0.1, 0.15) is 37.7 Å². The molecule has 4 heteroatoms. The number of rotatable bonds is 6. The van der Waals surface area contributed by atoms with Gasteiger partial charge in [-0.05, 0) is 50.6 Å². The summed E-state index contributed by atoms with van der Waals surface area (Å²) in [5.41, 5.74) is 0.852. The summed E-state index contributed by atoms with van der Waals surface area (Å²) in [6.07, 6.45) is 5.18. The number of carbonyl (C=O) groups is 1. The van der Waals surface area contributed by atoms with Crippen molar-refractivity contribution in [1.29, 1.82) is 0 Å². The molecule has 1 aliphatic carbocycles. The lowest BCUT2D eigenvalue weighted by Crippen LogP contribution is -2.43. The van der Waals surface area contributed by atoms with Crippen LogP contribution in [0, 0.1) is 0 Å². The molecule has 110 valence electrons. The number of benzene rings is 1. The summed E-state index contributed by atoms with van der Waals surface area (Å²) in [5, 5.41) is 6.22. The van der Waals surface area contributed by atoms with Crippen LogP contribution in [0.25, 0.3) is 0 Å². The van der Waals surface area contributed by atoms with Gasteiger partial charge in [-0.1, -0.05) is 40.9 Å². The minimum atomic E-state index is -0.305. The van der Waals surface area contributed by atoms with Crippen LogP contribution < -0.4 is 10.6 Å². The quantitative estimate of drug-likeness (QED) is 0.783. The largest absolute Gasteiger partial charge is 0.355 e. The maximum Gasteiger partial charge on any atom is 0.230 e. The van der Waals surface area contributed by atoms with Gasteiger partial charge >= 0.3 is 0 Å². The summed E-state index contributed by atoms with van der Waals surface area (Å²) < 4.78 is 1.06. The SMILES string of the molecule is CNCCCNC(=O)C1(c2ccc(Br)cc2)CCCC1. The second-order valence-electron chi connectivity index (χ2n) is 5.51. The van der Waals surface area contributed by atoms with E-state index in [1.54, 1.807) is 0 Å². The Morgan fingerprint density at radius 1 is 1.20 bits per heavy atom. The summed E-state index contributed by atoms with van der Waals surface area (Å²) in [4.78, 5) is 12.7. The van der Waals surface area contributed by atoms with E-state index in [1.165, 1.54) is 0 Å². The van der Waals surface area contributed by atoms with E-state index in [4.69, 9.17) is 0 Å². The van der Waals surface area contributed by atoms with Crippen LogP contribution in [-0.2, 0) is 10.2 Å². The average Bonchev–Trinajstić information content (AvgIpc) is 2.95. The Morgan fingerprint density at radius 2 is 1.85 bits per heavy atom. The monoisotopic (exact) mass is 338 g/mol. The van der Waals surface area contributed by atoms with Gasteiger partial charge in [0.05, 0.1) is 5.41 Å². The molecular weight excluding hydrogens is 316 g/mol. The molecule has 0 saturated heterocycles. The predicted octanol–water partition coefficient (Wildman–Crippen LogP) is 2.99. The molecule has 1 aliphatic rings. The molecule has 2 N–H and O–H groups in total. The van der Waals surface area contributed by atoms with Crippen molar-refractivity contribution in [3.8, 4) is 0 Å². The summed E-state index contributed by atoms with van der Waals surface area (Å²) in [6, 6.07) is 8.23. The lowest BCUT2D eigenvalue weighted by Gasteiger charge is -2.28. The van der Waals surface area contributed by atoms with Gasteiger partial charge in [-0.3, -0.25) is 4.79 Å². The second-order valence-corrected chi connectivity index (χ2v) is 6.42. The molecule has 0 atom stereocenters. The molecule has 0 radical (unpaired) electrons. The van der Waals surface area contributed by atoms with Gasteiger partial charge in [0.15, 0.2) is 0 Å². The van der Waals surface area contributed by atoms with Crippen molar-refractivity contribution in [1.82, 2.24) is 10.6 Å². The van der Waals surface area contributed by atoms with Crippen LogP contribution in [0.15, 0.2) is 28.7 Å². The molecule has 20 heavy (non-hydrogen) atoms. The van der Waals surface area contributed by atoms with E-state index in [9.17, 15) is 4.79 Å². The van der Waals surface area contributed by atoms with Crippen LogP contribution >= 0.6 is 15.9 Å². The highest BCUT2D eigenvalue weighted by atomic mass is 79.9. The zero-order chi connectivity index (χ0) is 14.4. The lowest BCUT2D eigenvalue weighted by molar-refractivity contribution is -0.126. The van der Waals surface area contributed by atoms with E-state index in [2.05, 4.69) is 38.7 Å². The van der Waals surface area contributed by atoms with Crippen LogP contribution in [0.3, 0.4) is 0 Å². The third kappa shape index (κ3) is 3.41. The summed E-state index contributed by atoms with van der Waals surface area (Å²) in [7, 11) is 1.93. The predicted molar refractivity (Wildman–Crippen MR) is 85.8 cm³/mol. The fourth-order valence-electron chi connectivity index (χ4n) is 3.03. The maximum atomic E-state index is 12.7. The fourth-order valence-corrected chi connectivity index (χ4v) is 3.29. The highest BCUT2D eigenvalue weighted by Crippen LogP contribution is 2.41. The van der Waals surface area contributed by atoms with E-state index in [0.717, 1.165) is 55.2 Å². The number of halogens is 1. The number of hydrogen-bond donors (Lipinski definition) is 2. The van der Waals surface area contributed by atoms with Crippen molar-refractivity contribution in [3.05, 3.63) is 34.3 Å². The Morgan fingerprint density at radius 3 is 2.45 bits per heavy atom. The third-order valence-electron chi connectivity index (χ3n) is 4.18. The van der Waals surface area contributed by atoms with Crippen LogP contribution in [-0.4, -0.2) is 26.0 Å². The minimum Gasteiger partial charge on any atom is -0.355 e. The molecule has 0 heterocycles. The number of hydrogen-bond acceptors (Lipinski definition) is 2. The van der Waals surface area contributed by atoms with Crippen molar-refractivity contribution >= 4 is 21.8 Å². The first kappa shape index (κ1) is 15.5. The van der Waals surface area contributed by atoms with Crippen LogP contribution in [0.2, 0.25) is 0 Å². The van der Waals surface area contributed by atoms with E-state index in [-0.39, 0.29) is 11.3 Å². The van der Waals surface area contributed by atoms with Gasteiger partial charge < -0.3 is 10.6 Å². The Labute approximate surface area is 129 Å². The first-order valence-electron chi connectivity index (χ1n) is 7.38. The van der Waals surface area contributed by atoms with Crippen molar-refractivity contribution in [2.75, 3.05) is 20.1 Å². The summed E-state index contributed by atoms with van der Waals surface area (Å²) in [5.74, 6) is 0.202. The molecule has 2 rings (SSSR count). The Bertz CT molecular complexity index is 438. The van der Waals surface area contributed by atoms with Crippen LogP contribution in [0.5, 0.6) is 0 Å². The molecule has 0 bridgehead atoms. The molecule has 0 spiro atoms. The van der Waals surface area contributed by atoms with E-state index in [1.807, 2.05) is 19.2 Å². The highest BCUT2D eigenvalue weighted by molar-refractivity contribution is 9.10. The van der Waals surface area contributed by atoms with Crippen molar-refractivity contribution in [2.45, 2.75) is 37.5 Å². The zero-order valence-corrected chi connectivity index (χ0v) is 13.6. The van der Waals surface area contributed by atoms with E-state index in [0.29, 0.717) is 0 Å². The van der Waals surface area contributed by atoms with Crippen LogP contribution in [0.4, 0.5) is 0 Å². The summed E-state index contributed by atoms with van der Waals surface area (Å²) in [6.45, 7) is 1.68. The second kappa shape index (κ2) is 7.23. The van der Waals surface area contributed by atoms with E-state index >= 15 is 0 Å². The number of nitrogens with one attached hydrogen (secondary N) is 2. The molecular formula is C16H23BrN2O. The fraction of sp³-hybridized carbons (Fsp3) is 0.562. The molecule has 0 aromatic heterocycles. The minimum absolute atomic E-state index is 0.202. The topological polar surface area (TPSA) is 41.1 Å². The van der Waals surface area contributed by atoms with Gasteiger partial charge in [0, 0.05) is 11.0 Å². The van der Waals surface area contributed by atoms with Crippen molar-refractivity contribution in [3.63, 3.8) is 0 Å². The van der Waals surface area contributed by atoms with Gasteiger partial charge in [-0.25, -0.2) is 0 Å². The zero-order valence-electron chi connectivity index (χ0n) is 12.0. The normalized spacial score (nSPS) is 17.1. The van der Waals surface area contributed by atoms with Gasteiger partial charge in [0.1, 0.15) is 0 Å². The molecule has 0 unspecified atom stereocenters. The summed E-state index contributed by atoms with van der Waals surface area (Å²) >= 11 is 3.46. The standard InChI is InChI=1S/C16H23BrN2O/c1-18-11-4-12-19-15(20)16(9-2-3-10-16)13-5-7-14(17)8-6-13/h5-8,18H,2-4,9-12H2,1H3,(H,19,20). The Hall–Kier alpha value is -0.870. The third-order valence-corrected chi connectivity index (χ3v) is 4.71. The van der Waals surface area contributed by atoms with Gasteiger partial charge in [0.25, 0.3) is 0 Å². The van der Waals surface area contributed by atoms with Crippen molar-refractivity contribution in [2.24, 2.45) is 0 Å². The first-order chi connectivity index (χ1) is 9.69. The van der Waals surface area contributed by atoms with Crippen molar-refractivity contribution < 1.29 is 4.79 Å². The molecule has 1 aromatic carbocycles. The lowest BCUT2D eigenvalue weighted by atomic mass is 9.78. The molecule has 3 nitrogen and oxygen atoms in total. The van der Waals surface area contributed by atoms with Gasteiger partial charge in [0.2, 0.25) is 5.91 Å². The Kier molecular flexibility index (Phi) is 5.61. The first-order valence-corrected chi connectivity index (χ1v) is 8.17. The average molecular weight is 339 g/mol. The Balaban J connectivity index is 2.09. The molecule has 1 saturated carbocycles.